The van der Waals surface area contributed by atoms with Gasteiger partial charge in [-0.25, -0.2) is 4.79 Å². The molecule has 0 spiro atoms. The van der Waals surface area contributed by atoms with Gasteiger partial charge in [-0.3, -0.25) is 14.5 Å². The molecule has 2 amide bonds. The zero-order valence-corrected chi connectivity index (χ0v) is 23.1. The molecular formula is C29H26N2O7S2. The summed E-state index contributed by atoms with van der Waals surface area (Å²) in [5.41, 5.74) is 1.77. The SMILES string of the molecule is CS(=O)(=O)OC1=C(C(=O)OC(c2ccccc2)c2ccccc2)N2C(=O)CC2SC1NC(=O)Cc1ccccc1. The standard InChI is InChI=1S/C29H26N2O7S2/c1-40(35,36)38-27-25(29(34)37-26(20-13-7-3-8-14-20)21-15-9-4-10-16-21)31-23(33)18-24(31)39-28(27)30-22(32)17-19-11-5-2-6-12-19/h2-16,24,26,28H,17-18H2,1H3,(H,30,32). The number of esters is 1. The van der Waals surface area contributed by atoms with Crippen molar-refractivity contribution in [3.8, 4) is 0 Å². The lowest BCUT2D eigenvalue weighted by atomic mass is 10.0. The molecule has 2 aliphatic rings. The number of rotatable bonds is 9. The number of thioether (sulfide) groups is 1. The van der Waals surface area contributed by atoms with Crippen LogP contribution in [-0.4, -0.2) is 48.1 Å². The Morgan fingerprint density at radius 1 is 0.950 bits per heavy atom. The molecule has 0 saturated carbocycles. The van der Waals surface area contributed by atoms with E-state index >= 15 is 0 Å². The molecule has 1 fully saturated rings. The summed E-state index contributed by atoms with van der Waals surface area (Å²) < 4.78 is 35.9. The summed E-state index contributed by atoms with van der Waals surface area (Å²) in [6, 6.07) is 27.1. The van der Waals surface area contributed by atoms with Gasteiger partial charge in [0.1, 0.15) is 5.37 Å². The highest BCUT2D eigenvalue weighted by Gasteiger charge is 2.51. The summed E-state index contributed by atoms with van der Waals surface area (Å²) >= 11 is 1.12. The molecule has 206 valence electrons. The largest absolute Gasteiger partial charge is 0.448 e. The lowest BCUT2D eigenvalue weighted by Gasteiger charge is -2.46. The maximum Gasteiger partial charge on any atom is 0.359 e. The number of hydrogen-bond acceptors (Lipinski definition) is 8. The van der Waals surface area contributed by atoms with Gasteiger partial charge in [0, 0.05) is 0 Å². The van der Waals surface area contributed by atoms with Crippen LogP contribution in [0.25, 0.3) is 0 Å². The van der Waals surface area contributed by atoms with Crippen LogP contribution in [0.1, 0.15) is 29.2 Å². The molecule has 5 rings (SSSR count). The van der Waals surface area contributed by atoms with Crippen LogP contribution in [0.4, 0.5) is 0 Å². The van der Waals surface area contributed by atoms with E-state index in [2.05, 4.69) is 5.32 Å². The highest BCUT2D eigenvalue weighted by atomic mass is 32.2. The Morgan fingerprint density at radius 3 is 2.02 bits per heavy atom. The fourth-order valence-electron chi connectivity index (χ4n) is 4.50. The molecule has 0 aromatic heterocycles. The fraction of sp³-hybridized carbons (Fsp3) is 0.207. The fourth-order valence-corrected chi connectivity index (χ4v) is 6.44. The Kier molecular flexibility index (Phi) is 7.95. The zero-order chi connectivity index (χ0) is 28.3. The van der Waals surface area contributed by atoms with Crippen molar-refractivity contribution in [3.05, 3.63) is 119 Å². The highest BCUT2D eigenvalue weighted by Crippen LogP contribution is 2.45. The molecule has 2 heterocycles. The molecule has 3 aromatic carbocycles. The van der Waals surface area contributed by atoms with E-state index in [-0.39, 0.29) is 30.2 Å². The molecule has 9 nitrogen and oxygen atoms in total. The average Bonchev–Trinajstić information content (AvgIpc) is 2.93. The van der Waals surface area contributed by atoms with Gasteiger partial charge in [0.2, 0.25) is 11.8 Å². The maximum atomic E-state index is 13.8. The van der Waals surface area contributed by atoms with Crippen LogP contribution >= 0.6 is 11.8 Å². The third-order valence-corrected chi connectivity index (χ3v) is 8.05. The number of fused-ring (bicyclic) bond motifs is 1. The number of β-lactam (4-membered cyclic amide) rings is 1. The molecule has 2 aliphatic heterocycles. The Balaban J connectivity index is 1.52. The van der Waals surface area contributed by atoms with Gasteiger partial charge >= 0.3 is 16.1 Å². The summed E-state index contributed by atoms with van der Waals surface area (Å²) in [4.78, 5) is 40.6. The van der Waals surface area contributed by atoms with Crippen molar-refractivity contribution < 1.29 is 31.7 Å². The minimum absolute atomic E-state index is 0.0290. The highest BCUT2D eigenvalue weighted by molar-refractivity contribution is 8.00. The lowest BCUT2D eigenvalue weighted by Crippen LogP contribution is -2.58. The lowest BCUT2D eigenvalue weighted by molar-refractivity contribution is -0.152. The molecule has 40 heavy (non-hydrogen) atoms. The molecule has 0 radical (unpaired) electrons. The molecule has 3 aromatic rings. The van der Waals surface area contributed by atoms with Crippen molar-refractivity contribution in [1.82, 2.24) is 10.2 Å². The smallest absolute Gasteiger partial charge is 0.359 e. The van der Waals surface area contributed by atoms with E-state index in [0.717, 1.165) is 23.6 Å². The van der Waals surface area contributed by atoms with Crippen LogP contribution in [0.2, 0.25) is 0 Å². The first kappa shape index (κ1) is 27.5. The summed E-state index contributed by atoms with van der Waals surface area (Å²) in [5, 5.41) is 1.22. The topological polar surface area (TPSA) is 119 Å². The van der Waals surface area contributed by atoms with E-state index in [1.807, 2.05) is 18.2 Å². The van der Waals surface area contributed by atoms with Crippen molar-refractivity contribution in [2.45, 2.75) is 29.7 Å². The predicted octanol–water partition coefficient (Wildman–Crippen LogP) is 3.50. The zero-order valence-electron chi connectivity index (χ0n) is 21.4. The summed E-state index contributed by atoms with van der Waals surface area (Å²) in [5.74, 6) is -2.11. The van der Waals surface area contributed by atoms with Gasteiger partial charge in [0.15, 0.2) is 17.6 Å². The van der Waals surface area contributed by atoms with E-state index in [1.165, 1.54) is 4.90 Å². The van der Waals surface area contributed by atoms with Gasteiger partial charge in [-0.15, -0.1) is 11.8 Å². The number of carbonyl (C=O) groups is 3. The molecule has 0 aliphatic carbocycles. The number of amides is 2. The molecule has 1 saturated heterocycles. The van der Waals surface area contributed by atoms with E-state index < -0.39 is 38.8 Å². The maximum absolute atomic E-state index is 13.8. The first-order valence-electron chi connectivity index (χ1n) is 12.4. The second-order valence-corrected chi connectivity index (χ2v) is 12.1. The van der Waals surface area contributed by atoms with Crippen molar-refractivity contribution >= 4 is 39.7 Å². The second kappa shape index (κ2) is 11.6. The molecule has 2 atom stereocenters. The number of carbonyl (C=O) groups excluding carboxylic acids is 3. The van der Waals surface area contributed by atoms with Crippen LogP contribution < -0.4 is 5.32 Å². The van der Waals surface area contributed by atoms with E-state index in [9.17, 15) is 22.8 Å². The summed E-state index contributed by atoms with van der Waals surface area (Å²) in [6.45, 7) is 0. The van der Waals surface area contributed by atoms with Crippen LogP contribution in [-0.2, 0) is 39.8 Å². The van der Waals surface area contributed by atoms with E-state index in [1.54, 1.807) is 72.8 Å². The Bertz CT molecular complexity index is 1510. The number of benzene rings is 3. The van der Waals surface area contributed by atoms with Gasteiger partial charge in [0.25, 0.3) is 0 Å². The number of nitrogens with one attached hydrogen (secondary N) is 1. The van der Waals surface area contributed by atoms with Gasteiger partial charge in [-0.2, -0.15) is 8.42 Å². The third-order valence-electron chi connectivity index (χ3n) is 6.28. The minimum atomic E-state index is -4.15. The van der Waals surface area contributed by atoms with Crippen LogP contribution in [0, 0.1) is 0 Å². The predicted molar refractivity (Wildman–Crippen MR) is 149 cm³/mol. The molecular weight excluding hydrogens is 552 g/mol. The summed E-state index contributed by atoms with van der Waals surface area (Å²) in [7, 11) is -4.15. The van der Waals surface area contributed by atoms with Gasteiger partial charge in [-0.1, -0.05) is 91.0 Å². The Morgan fingerprint density at radius 2 is 1.50 bits per heavy atom. The number of ether oxygens (including phenoxy) is 1. The molecule has 0 bridgehead atoms. The van der Waals surface area contributed by atoms with E-state index in [0.29, 0.717) is 11.1 Å². The number of hydrogen-bond donors (Lipinski definition) is 1. The molecule has 11 heteroatoms. The monoisotopic (exact) mass is 578 g/mol. The van der Waals surface area contributed by atoms with Crippen molar-refractivity contribution in [3.63, 3.8) is 0 Å². The van der Waals surface area contributed by atoms with Crippen molar-refractivity contribution in [2.24, 2.45) is 0 Å². The number of nitrogens with zero attached hydrogens (tertiary/aromatic N) is 1. The average molecular weight is 579 g/mol. The first-order chi connectivity index (χ1) is 19.2. The van der Waals surface area contributed by atoms with Crippen LogP contribution in [0.15, 0.2) is 102 Å². The Labute approximate surface area is 236 Å². The van der Waals surface area contributed by atoms with Crippen molar-refractivity contribution in [1.29, 1.82) is 0 Å². The van der Waals surface area contributed by atoms with Gasteiger partial charge in [-0.05, 0) is 16.7 Å². The van der Waals surface area contributed by atoms with Crippen LogP contribution in [0.3, 0.4) is 0 Å². The van der Waals surface area contributed by atoms with E-state index in [4.69, 9.17) is 8.92 Å². The summed E-state index contributed by atoms with van der Waals surface area (Å²) in [6.07, 6.45) is 0.121. The molecule has 2 unspecified atom stereocenters. The minimum Gasteiger partial charge on any atom is -0.448 e. The van der Waals surface area contributed by atoms with Crippen LogP contribution in [0.5, 0.6) is 0 Å². The third kappa shape index (κ3) is 6.21. The first-order valence-corrected chi connectivity index (χ1v) is 15.2. The molecule has 1 N–H and O–H groups in total. The van der Waals surface area contributed by atoms with Gasteiger partial charge < -0.3 is 14.2 Å². The van der Waals surface area contributed by atoms with Crippen molar-refractivity contribution in [2.75, 3.05) is 6.26 Å². The quantitative estimate of drug-likeness (QED) is 0.233. The second-order valence-electron chi connectivity index (χ2n) is 9.28. The van der Waals surface area contributed by atoms with Gasteiger partial charge in [0.05, 0.1) is 24.5 Å². The normalized spacial score (nSPS) is 18.6. The Hall–Kier alpha value is -4.09.